The van der Waals surface area contributed by atoms with E-state index in [2.05, 4.69) is 5.43 Å². The number of rotatable bonds is 4. The molecule has 1 saturated heterocycles. The standard InChI is InChI=1S/C13H18F2N2O2S/c14-10-5-4-9(7-11(10)15)8-12(17-16)13-3-1-2-6-20(13,18)19/h4-5,7,12-13,17H,1-3,6,8,16H2. The van der Waals surface area contributed by atoms with E-state index in [1.165, 1.54) is 6.07 Å². The zero-order valence-corrected chi connectivity index (χ0v) is 11.8. The van der Waals surface area contributed by atoms with Crippen molar-refractivity contribution < 1.29 is 17.2 Å². The van der Waals surface area contributed by atoms with Crippen molar-refractivity contribution in [1.29, 1.82) is 0 Å². The van der Waals surface area contributed by atoms with Gasteiger partial charge in [-0.3, -0.25) is 11.3 Å². The van der Waals surface area contributed by atoms with Gasteiger partial charge in [0.2, 0.25) is 0 Å². The molecule has 0 aromatic heterocycles. The Morgan fingerprint density at radius 1 is 1.30 bits per heavy atom. The summed E-state index contributed by atoms with van der Waals surface area (Å²) in [4.78, 5) is 0. The van der Waals surface area contributed by atoms with Crippen LogP contribution < -0.4 is 11.3 Å². The van der Waals surface area contributed by atoms with Crippen molar-refractivity contribution in [2.75, 3.05) is 5.75 Å². The van der Waals surface area contributed by atoms with Gasteiger partial charge in [0, 0.05) is 6.04 Å². The summed E-state index contributed by atoms with van der Waals surface area (Å²) in [6.45, 7) is 0. The van der Waals surface area contributed by atoms with Gasteiger partial charge >= 0.3 is 0 Å². The number of nitrogens with one attached hydrogen (secondary N) is 1. The highest BCUT2D eigenvalue weighted by Crippen LogP contribution is 2.24. The van der Waals surface area contributed by atoms with Gasteiger partial charge in [-0.1, -0.05) is 12.5 Å². The summed E-state index contributed by atoms with van der Waals surface area (Å²) in [5.41, 5.74) is 3.04. The SMILES string of the molecule is NNC(Cc1ccc(F)c(F)c1)C1CCCCS1(=O)=O. The summed E-state index contributed by atoms with van der Waals surface area (Å²) in [6.07, 6.45) is 2.29. The molecule has 2 rings (SSSR count). The number of hydrogen-bond acceptors (Lipinski definition) is 4. The summed E-state index contributed by atoms with van der Waals surface area (Å²) in [7, 11) is -3.18. The molecule has 1 fully saturated rings. The van der Waals surface area contributed by atoms with Gasteiger partial charge in [-0.15, -0.1) is 0 Å². The average molecular weight is 304 g/mol. The molecule has 1 aromatic rings. The average Bonchev–Trinajstić information content (AvgIpc) is 2.40. The zero-order chi connectivity index (χ0) is 14.8. The van der Waals surface area contributed by atoms with E-state index in [0.29, 0.717) is 18.4 Å². The van der Waals surface area contributed by atoms with Gasteiger partial charge in [0.25, 0.3) is 0 Å². The molecular weight excluding hydrogens is 286 g/mol. The first-order valence-electron chi connectivity index (χ1n) is 6.55. The van der Waals surface area contributed by atoms with Crippen LogP contribution in [0.2, 0.25) is 0 Å². The van der Waals surface area contributed by atoms with E-state index >= 15 is 0 Å². The van der Waals surface area contributed by atoms with Crippen molar-refractivity contribution in [3.63, 3.8) is 0 Å². The Bertz CT molecular complexity index is 578. The molecule has 0 saturated carbocycles. The highest BCUT2D eigenvalue weighted by molar-refractivity contribution is 7.92. The normalized spacial score (nSPS) is 23.4. The maximum atomic E-state index is 13.2. The van der Waals surface area contributed by atoms with Crippen LogP contribution in [-0.2, 0) is 16.3 Å². The lowest BCUT2D eigenvalue weighted by atomic mass is 10.00. The number of benzene rings is 1. The summed E-state index contributed by atoms with van der Waals surface area (Å²) < 4.78 is 50.2. The molecule has 0 aliphatic carbocycles. The molecule has 0 spiro atoms. The fourth-order valence-corrected chi connectivity index (χ4v) is 4.76. The molecule has 112 valence electrons. The van der Waals surface area contributed by atoms with Crippen LogP contribution in [0.1, 0.15) is 24.8 Å². The number of halogens is 2. The van der Waals surface area contributed by atoms with E-state index < -0.39 is 32.8 Å². The monoisotopic (exact) mass is 304 g/mol. The third kappa shape index (κ3) is 3.34. The van der Waals surface area contributed by atoms with Crippen LogP contribution in [0, 0.1) is 11.6 Å². The zero-order valence-electron chi connectivity index (χ0n) is 11.0. The van der Waals surface area contributed by atoms with Crippen LogP contribution >= 0.6 is 0 Å². The summed E-state index contributed by atoms with van der Waals surface area (Å²) in [6, 6.07) is 3.06. The Morgan fingerprint density at radius 3 is 2.65 bits per heavy atom. The molecule has 0 bridgehead atoms. The molecule has 2 atom stereocenters. The quantitative estimate of drug-likeness (QED) is 0.650. The number of nitrogens with two attached hydrogens (primary N) is 1. The predicted octanol–water partition coefficient (Wildman–Crippen LogP) is 1.31. The molecule has 1 heterocycles. The summed E-state index contributed by atoms with van der Waals surface area (Å²) >= 11 is 0. The third-order valence-corrected chi connectivity index (χ3v) is 6.08. The predicted molar refractivity (Wildman–Crippen MR) is 72.6 cm³/mol. The minimum absolute atomic E-state index is 0.160. The molecule has 3 N–H and O–H groups in total. The van der Waals surface area contributed by atoms with Gasteiger partial charge in [-0.05, 0) is 37.0 Å². The second-order valence-corrected chi connectivity index (χ2v) is 7.47. The maximum Gasteiger partial charge on any atom is 0.159 e. The van der Waals surface area contributed by atoms with Gasteiger partial charge in [-0.25, -0.2) is 17.2 Å². The lowest BCUT2D eigenvalue weighted by Crippen LogP contribution is -2.50. The van der Waals surface area contributed by atoms with Gasteiger partial charge < -0.3 is 0 Å². The molecule has 20 heavy (non-hydrogen) atoms. The Kier molecular flexibility index (Phi) is 4.72. The van der Waals surface area contributed by atoms with Crippen LogP contribution in [0.3, 0.4) is 0 Å². The van der Waals surface area contributed by atoms with Crippen LogP contribution in [0.25, 0.3) is 0 Å². The van der Waals surface area contributed by atoms with Crippen molar-refractivity contribution in [2.45, 2.75) is 37.0 Å². The van der Waals surface area contributed by atoms with E-state index in [4.69, 9.17) is 5.84 Å². The third-order valence-electron chi connectivity index (χ3n) is 3.73. The lowest BCUT2D eigenvalue weighted by Gasteiger charge is -2.29. The van der Waals surface area contributed by atoms with Gasteiger partial charge in [0.05, 0.1) is 11.0 Å². The molecule has 7 heteroatoms. The second-order valence-electron chi connectivity index (χ2n) is 5.13. The van der Waals surface area contributed by atoms with E-state index in [-0.39, 0.29) is 12.2 Å². The van der Waals surface area contributed by atoms with E-state index in [0.717, 1.165) is 18.6 Å². The highest BCUT2D eigenvalue weighted by Gasteiger charge is 2.35. The molecule has 1 aromatic carbocycles. The Labute approximate surface area is 117 Å². The van der Waals surface area contributed by atoms with Gasteiger partial charge in [-0.2, -0.15) is 0 Å². The van der Waals surface area contributed by atoms with Crippen molar-refractivity contribution in [1.82, 2.24) is 5.43 Å². The molecule has 4 nitrogen and oxygen atoms in total. The highest BCUT2D eigenvalue weighted by atomic mass is 32.2. The largest absolute Gasteiger partial charge is 0.271 e. The van der Waals surface area contributed by atoms with Crippen LogP contribution in [0.4, 0.5) is 8.78 Å². The molecule has 1 aliphatic rings. The van der Waals surface area contributed by atoms with Crippen molar-refractivity contribution in [2.24, 2.45) is 5.84 Å². The number of hydrazine groups is 1. The maximum absolute atomic E-state index is 13.2. The van der Waals surface area contributed by atoms with Crippen LogP contribution in [-0.4, -0.2) is 25.5 Å². The summed E-state index contributed by atoms with van der Waals surface area (Å²) in [5, 5.41) is -0.575. The Hall–Kier alpha value is -1.05. The minimum Gasteiger partial charge on any atom is -0.271 e. The summed E-state index contributed by atoms with van der Waals surface area (Å²) in [5.74, 6) is 3.76. The molecular formula is C13H18F2N2O2S. The number of hydrogen-bond donors (Lipinski definition) is 2. The van der Waals surface area contributed by atoms with Crippen LogP contribution in [0.15, 0.2) is 18.2 Å². The Morgan fingerprint density at radius 2 is 2.05 bits per heavy atom. The first-order chi connectivity index (χ1) is 9.44. The molecule has 0 amide bonds. The van der Waals surface area contributed by atoms with Crippen molar-refractivity contribution in [3.05, 3.63) is 35.4 Å². The van der Waals surface area contributed by atoms with Crippen LogP contribution in [0.5, 0.6) is 0 Å². The lowest BCUT2D eigenvalue weighted by molar-refractivity contribution is 0.439. The minimum atomic E-state index is -3.18. The van der Waals surface area contributed by atoms with Gasteiger partial charge in [0.1, 0.15) is 0 Å². The van der Waals surface area contributed by atoms with E-state index in [1.54, 1.807) is 0 Å². The Balaban J connectivity index is 2.18. The fraction of sp³-hybridized carbons (Fsp3) is 0.538. The topological polar surface area (TPSA) is 72.2 Å². The fourth-order valence-electron chi connectivity index (χ4n) is 2.65. The molecule has 1 aliphatic heterocycles. The van der Waals surface area contributed by atoms with Gasteiger partial charge in [0.15, 0.2) is 21.5 Å². The molecule has 0 radical (unpaired) electrons. The van der Waals surface area contributed by atoms with Crippen molar-refractivity contribution >= 4 is 9.84 Å². The van der Waals surface area contributed by atoms with Crippen molar-refractivity contribution in [3.8, 4) is 0 Å². The smallest absolute Gasteiger partial charge is 0.159 e. The first-order valence-corrected chi connectivity index (χ1v) is 8.27. The number of sulfone groups is 1. The second kappa shape index (κ2) is 6.15. The van der Waals surface area contributed by atoms with E-state index in [1.807, 2.05) is 0 Å². The van der Waals surface area contributed by atoms with E-state index in [9.17, 15) is 17.2 Å². The first kappa shape index (κ1) is 15.3. The molecule has 2 unspecified atom stereocenters.